The van der Waals surface area contributed by atoms with Crippen LogP contribution in [0.1, 0.15) is 26.2 Å². The monoisotopic (exact) mass is 373 g/mol. The molecule has 2 aromatic heterocycles. The molecule has 1 aromatic carbocycles. The van der Waals surface area contributed by atoms with Crippen molar-refractivity contribution in [3.63, 3.8) is 0 Å². The minimum Gasteiger partial charge on any atom is -0.356 e. The molecule has 2 unspecified atom stereocenters. The Morgan fingerprint density at radius 1 is 1.24 bits per heavy atom. The molecule has 5 nitrogen and oxygen atoms in total. The van der Waals surface area contributed by atoms with Gasteiger partial charge in [0.2, 0.25) is 10.1 Å². The summed E-state index contributed by atoms with van der Waals surface area (Å²) in [4.78, 5) is 8.26. The van der Waals surface area contributed by atoms with Gasteiger partial charge in [0.25, 0.3) is 0 Å². The van der Waals surface area contributed by atoms with Crippen LogP contribution in [0.2, 0.25) is 5.02 Å². The van der Waals surface area contributed by atoms with Crippen molar-refractivity contribution in [2.75, 3.05) is 11.9 Å². The van der Waals surface area contributed by atoms with Crippen molar-refractivity contribution in [1.82, 2.24) is 19.5 Å². The summed E-state index contributed by atoms with van der Waals surface area (Å²) in [5, 5.41) is 9.98. The molecular formula is C18H20ClN5S. The molecule has 0 bridgehead atoms. The number of hydrogen-bond acceptors (Lipinski definition) is 5. The molecule has 130 valence electrons. The molecular weight excluding hydrogens is 354 g/mol. The number of rotatable bonds is 4. The first kappa shape index (κ1) is 15.6. The van der Waals surface area contributed by atoms with Gasteiger partial charge in [-0.15, -0.1) is 5.10 Å². The average molecular weight is 374 g/mol. The molecule has 1 saturated carbocycles. The van der Waals surface area contributed by atoms with E-state index >= 15 is 0 Å². The van der Waals surface area contributed by atoms with Crippen LogP contribution in [0, 0.1) is 0 Å². The van der Waals surface area contributed by atoms with Crippen molar-refractivity contribution in [2.45, 2.75) is 44.3 Å². The van der Waals surface area contributed by atoms with E-state index < -0.39 is 0 Å². The summed E-state index contributed by atoms with van der Waals surface area (Å²) in [6, 6.07) is 9.74. The van der Waals surface area contributed by atoms with E-state index in [9.17, 15) is 0 Å². The van der Waals surface area contributed by atoms with Crippen LogP contribution in [0.4, 0.5) is 5.13 Å². The predicted octanol–water partition coefficient (Wildman–Crippen LogP) is 4.15. The molecule has 1 aliphatic carbocycles. The van der Waals surface area contributed by atoms with E-state index in [2.05, 4.69) is 22.2 Å². The van der Waals surface area contributed by atoms with E-state index in [-0.39, 0.29) is 0 Å². The second-order valence-corrected chi connectivity index (χ2v) is 8.51. The topological polar surface area (TPSA) is 45.5 Å². The Bertz CT molecular complexity index is 866. The predicted molar refractivity (Wildman–Crippen MR) is 103 cm³/mol. The lowest BCUT2D eigenvalue weighted by Crippen LogP contribution is -2.31. The quantitative estimate of drug-likeness (QED) is 0.746. The van der Waals surface area contributed by atoms with Crippen molar-refractivity contribution >= 4 is 33.0 Å². The molecule has 5 rings (SSSR count). The van der Waals surface area contributed by atoms with Crippen LogP contribution >= 0.6 is 22.9 Å². The molecule has 7 heteroatoms. The fourth-order valence-electron chi connectivity index (χ4n) is 3.77. The van der Waals surface area contributed by atoms with Crippen LogP contribution in [-0.2, 0) is 0 Å². The summed E-state index contributed by atoms with van der Waals surface area (Å²) in [5.41, 5.74) is 1.98. The zero-order valence-electron chi connectivity index (χ0n) is 14.0. The Kier molecular flexibility index (Phi) is 3.73. The molecule has 2 fully saturated rings. The normalized spacial score (nSPS) is 24.2. The number of halogens is 1. The number of hydrogen-bond donors (Lipinski definition) is 1. The minimum absolute atomic E-state index is 0.488. The first-order valence-electron chi connectivity index (χ1n) is 8.80. The van der Waals surface area contributed by atoms with Crippen LogP contribution in [0.15, 0.2) is 30.5 Å². The number of anilines is 1. The molecule has 3 heterocycles. The van der Waals surface area contributed by atoms with Crippen molar-refractivity contribution in [1.29, 1.82) is 0 Å². The zero-order chi connectivity index (χ0) is 17.0. The third kappa shape index (κ3) is 3.03. The summed E-state index contributed by atoms with van der Waals surface area (Å²) in [6.07, 6.45) is 5.91. The van der Waals surface area contributed by atoms with E-state index in [0.29, 0.717) is 12.1 Å². The average Bonchev–Trinajstić information content (AvgIpc) is 3.10. The Morgan fingerprint density at radius 3 is 2.76 bits per heavy atom. The molecule has 3 aromatic rings. The number of likely N-dealkylation sites (tertiary alicyclic amines) is 1. The van der Waals surface area contributed by atoms with Gasteiger partial charge in [-0.2, -0.15) is 0 Å². The number of nitrogens with one attached hydrogen (secondary N) is 1. The Balaban J connectivity index is 1.32. The summed E-state index contributed by atoms with van der Waals surface area (Å²) < 4.78 is 1.87. The van der Waals surface area contributed by atoms with E-state index in [4.69, 9.17) is 16.6 Å². The van der Waals surface area contributed by atoms with E-state index in [1.165, 1.54) is 19.3 Å². The summed E-state index contributed by atoms with van der Waals surface area (Å²) in [5.74, 6) is 0. The molecule has 1 aliphatic heterocycles. The van der Waals surface area contributed by atoms with Crippen LogP contribution in [0.5, 0.6) is 0 Å². The molecule has 1 N–H and O–H groups in total. The highest BCUT2D eigenvalue weighted by molar-refractivity contribution is 7.20. The largest absolute Gasteiger partial charge is 0.356 e. The number of aromatic nitrogens is 3. The third-order valence-corrected chi connectivity index (χ3v) is 6.26. The highest BCUT2D eigenvalue weighted by Crippen LogP contribution is 2.34. The smallest absolute Gasteiger partial charge is 0.214 e. The standard InChI is InChI=1S/C18H20ClN5S/c1-11-8-14(9-23(11)15-6-7-15)20-17-22-24-10-16(21-18(24)25-17)12-2-4-13(19)5-3-12/h2-5,10-11,14-15H,6-9H2,1H3,(H,20,22). The Morgan fingerprint density at radius 2 is 2.04 bits per heavy atom. The third-order valence-electron chi connectivity index (χ3n) is 5.15. The van der Waals surface area contributed by atoms with E-state index in [1.54, 1.807) is 11.3 Å². The van der Waals surface area contributed by atoms with Gasteiger partial charge >= 0.3 is 0 Å². The van der Waals surface area contributed by atoms with Crippen molar-refractivity contribution in [3.05, 3.63) is 35.5 Å². The van der Waals surface area contributed by atoms with Crippen molar-refractivity contribution in [2.24, 2.45) is 0 Å². The van der Waals surface area contributed by atoms with Gasteiger partial charge in [-0.3, -0.25) is 4.90 Å². The Labute approximate surface area is 155 Å². The van der Waals surface area contributed by atoms with Gasteiger partial charge in [0.15, 0.2) is 0 Å². The van der Waals surface area contributed by atoms with Crippen LogP contribution in [-0.4, -0.2) is 44.2 Å². The first-order chi connectivity index (χ1) is 12.2. The van der Waals surface area contributed by atoms with Gasteiger partial charge in [0.1, 0.15) is 0 Å². The number of benzene rings is 1. The zero-order valence-corrected chi connectivity index (χ0v) is 15.6. The first-order valence-corrected chi connectivity index (χ1v) is 9.99. The maximum atomic E-state index is 5.95. The number of imidazole rings is 1. The summed E-state index contributed by atoms with van der Waals surface area (Å²) in [7, 11) is 0. The van der Waals surface area contributed by atoms with Crippen LogP contribution in [0.3, 0.4) is 0 Å². The molecule has 1 saturated heterocycles. The van der Waals surface area contributed by atoms with Gasteiger partial charge in [0, 0.05) is 35.3 Å². The SMILES string of the molecule is CC1CC(Nc2nn3cc(-c4ccc(Cl)cc4)nc3s2)CN1C1CC1. The van der Waals surface area contributed by atoms with Crippen molar-refractivity contribution in [3.8, 4) is 11.3 Å². The van der Waals surface area contributed by atoms with Gasteiger partial charge in [-0.05, 0) is 38.3 Å². The van der Waals surface area contributed by atoms with Crippen molar-refractivity contribution < 1.29 is 0 Å². The molecule has 0 amide bonds. The van der Waals surface area contributed by atoms with E-state index in [1.807, 2.05) is 35.0 Å². The summed E-state index contributed by atoms with van der Waals surface area (Å²) >= 11 is 7.57. The fraction of sp³-hybridized carbons (Fsp3) is 0.444. The molecule has 2 aliphatic rings. The maximum Gasteiger partial charge on any atom is 0.214 e. The molecule has 2 atom stereocenters. The lowest BCUT2D eigenvalue weighted by Gasteiger charge is -2.19. The molecule has 0 spiro atoms. The number of fused-ring (bicyclic) bond motifs is 1. The van der Waals surface area contributed by atoms with E-state index in [0.717, 1.165) is 39.0 Å². The van der Waals surface area contributed by atoms with Gasteiger partial charge in [-0.25, -0.2) is 9.50 Å². The number of nitrogens with zero attached hydrogens (tertiary/aromatic N) is 4. The van der Waals surface area contributed by atoms with Gasteiger partial charge in [-0.1, -0.05) is 35.1 Å². The fourth-order valence-corrected chi connectivity index (χ4v) is 4.75. The maximum absolute atomic E-state index is 5.95. The highest BCUT2D eigenvalue weighted by atomic mass is 35.5. The molecule has 0 radical (unpaired) electrons. The van der Waals surface area contributed by atoms with Gasteiger partial charge < -0.3 is 5.32 Å². The van der Waals surface area contributed by atoms with Crippen LogP contribution in [0.25, 0.3) is 16.2 Å². The second kappa shape index (κ2) is 5.97. The summed E-state index contributed by atoms with van der Waals surface area (Å²) in [6.45, 7) is 3.47. The van der Waals surface area contributed by atoms with Gasteiger partial charge in [0.05, 0.1) is 11.9 Å². The Hall–Kier alpha value is -1.63. The molecule has 25 heavy (non-hydrogen) atoms. The van der Waals surface area contributed by atoms with Crippen LogP contribution < -0.4 is 5.32 Å². The minimum atomic E-state index is 0.488. The second-order valence-electron chi connectivity index (χ2n) is 7.12. The lowest BCUT2D eigenvalue weighted by atomic mass is 10.2. The lowest BCUT2D eigenvalue weighted by molar-refractivity contribution is 0.257. The highest BCUT2D eigenvalue weighted by Gasteiger charge is 2.38.